The predicted octanol–water partition coefficient (Wildman–Crippen LogP) is 3.06. The molecule has 0 spiro atoms. The number of carbonyl (C=O) groups is 3. The molecule has 0 fully saturated rings. The lowest BCUT2D eigenvalue weighted by molar-refractivity contribution is -0.139. The summed E-state index contributed by atoms with van der Waals surface area (Å²) >= 11 is 13.1. The molecule has 41 heavy (non-hydrogen) atoms. The largest absolute Gasteiger partial charge is 0.480 e. The van der Waals surface area contributed by atoms with Crippen LogP contribution in [0.1, 0.15) is 37.4 Å². The summed E-state index contributed by atoms with van der Waals surface area (Å²) in [6.45, 7) is 0.539. The minimum atomic E-state index is -3.50. The van der Waals surface area contributed by atoms with Gasteiger partial charge in [0.2, 0.25) is 0 Å². The number of carbonyl (C=O) groups excluding carboxylic acids is 2. The fourth-order valence-electron chi connectivity index (χ4n) is 4.73. The molecule has 1 aliphatic heterocycles. The molecule has 14 heteroatoms. The minimum Gasteiger partial charge on any atom is -0.480 e. The minimum absolute atomic E-state index is 0.00722. The second-order valence-electron chi connectivity index (χ2n) is 9.63. The number of aromatic nitrogens is 3. The number of carboxylic acid groups (broad SMARTS) is 1. The van der Waals surface area contributed by atoms with Crippen LogP contribution in [-0.2, 0) is 34.0 Å². The maximum atomic E-state index is 13.2. The van der Waals surface area contributed by atoms with Gasteiger partial charge < -0.3 is 15.3 Å². The SMILES string of the molecule is CS(=O)(=O)c1cccc(C[C@H](NC(=O)c2c(Cl)cc3c(c2Cl)CCN(C(=O)c2ccc4ncnn4c2)C3)C(=O)O)c1. The maximum absolute atomic E-state index is 13.2. The van der Waals surface area contributed by atoms with Crippen LogP contribution in [0.3, 0.4) is 0 Å². The van der Waals surface area contributed by atoms with Gasteiger partial charge in [0.1, 0.15) is 12.4 Å². The smallest absolute Gasteiger partial charge is 0.326 e. The van der Waals surface area contributed by atoms with Crippen molar-refractivity contribution in [2.45, 2.75) is 30.3 Å². The molecule has 212 valence electrons. The second-order valence-corrected chi connectivity index (χ2v) is 12.4. The number of aliphatic carboxylic acids is 1. The van der Waals surface area contributed by atoms with Gasteiger partial charge in [0.15, 0.2) is 15.5 Å². The van der Waals surface area contributed by atoms with E-state index in [1.54, 1.807) is 35.4 Å². The van der Waals surface area contributed by atoms with Crippen molar-refractivity contribution in [2.75, 3.05) is 12.8 Å². The average Bonchev–Trinajstić information content (AvgIpc) is 3.39. The first-order valence-corrected chi connectivity index (χ1v) is 15.0. The summed E-state index contributed by atoms with van der Waals surface area (Å²) < 4.78 is 25.3. The van der Waals surface area contributed by atoms with Gasteiger partial charge in [-0.25, -0.2) is 22.7 Å². The van der Waals surface area contributed by atoms with Gasteiger partial charge in [0, 0.05) is 32.0 Å². The highest BCUT2D eigenvalue weighted by Crippen LogP contribution is 2.35. The molecule has 5 rings (SSSR count). The van der Waals surface area contributed by atoms with E-state index in [1.165, 1.54) is 29.0 Å². The number of fused-ring (bicyclic) bond motifs is 2. The van der Waals surface area contributed by atoms with Crippen LogP contribution in [0.5, 0.6) is 0 Å². The molecule has 2 N–H and O–H groups in total. The number of nitrogens with one attached hydrogen (secondary N) is 1. The molecule has 2 aromatic heterocycles. The Kier molecular flexibility index (Phi) is 7.73. The Morgan fingerprint density at radius 3 is 2.66 bits per heavy atom. The molecule has 4 aromatic rings. The first-order valence-electron chi connectivity index (χ1n) is 12.3. The number of hydrogen-bond donors (Lipinski definition) is 2. The van der Waals surface area contributed by atoms with Crippen LogP contribution in [0, 0.1) is 0 Å². The number of amides is 2. The number of nitrogens with zero attached hydrogens (tertiary/aromatic N) is 4. The van der Waals surface area contributed by atoms with E-state index in [0.29, 0.717) is 40.9 Å². The van der Waals surface area contributed by atoms with E-state index in [4.69, 9.17) is 23.2 Å². The summed E-state index contributed by atoms with van der Waals surface area (Å²) in [7, 11) is -3.50. The zero-order valence-corrected chi connectivity index (χ0v) is 23.9. The van der Waals surface area contributed by atoms with Crippen LogP contribution in [0.25, 0.3) is 5.65 Å². The second kappa shape index (κ2) is 11.1. The maximum Gasteiger partial charge on any atom is 0.326 e. The van der Waals surface area contributed by atoms with Gasteiger partial charge in [0.25, 0.3) is 11.8 Å². The van der Waals surface area contributed by atoms with Crippen molar-refractivity contribution in [1.29, 1.82) is 0 Å². The lowest BCUT2D eigenvalue weighted by Gasteiger charge is -2.30. The van der Waals surface area contributed by atoms with Crippen molar-refractivity contribution in [2.24, 2.45) is 0 Å². The third kappa shape index (κ3) is 5.90. The summed E-state index contributed by atoms with van der Waals surface area (Å²) in [5.74, 6) is -2.31. The van der Waals surface area contributed by atoms with Crippen LogP contribution >= 0.6 is 23.2 Å². The van der Waals surface area contributed by atoms with Crippen LogP contribution in [-0.4, -0.2) is 69.6 Å². The van der Waals surface area contributed by atoms with Gasteiger partial charge in [-0.05, 0) is 53.4 Å². The van der Waals surface area contributed by atoms with Crippen molar-refractivity contribution in [3.05, 3.63) is 92.9 Å². The molecule has 0 bridgehead atoms. The van der Waals surface area contributed by atoms with Crippen molar-refractivity contribution < 1.29 is 27.9 Å². The Labute approximate surface area is 244 Å². The quantitative estimate of drug-likeness (QED) is 0.322. The molecule has 0 radical (unpaired) electrons. The number of benzene rings is 2. The lowest BCUT2D eigenvalue weighted by Crippen LogP contribution is -2.42. The number of pyridine rings is 1. The van der Waals surface area contributed by atoms with Gasteiger partial charge in [-0.2, -0.15) is 5.10 Å². The monoisotopic (exact) mass is 615 g/mol. The molecule has 1 aliphatic rings. The lowest BCUT2D eigenvalue weighted by atomic mass is 9.95. The van der Waals surface area contributed by atoms with Gasteiger partial charge in [-0.15, -0.1) is 0 Å². The zero-order valence-electron chi connectivity index (χ0n) is 21.5. The number of hydrogen-bond acceptors (Lipinski definition) is 7. The summed E-state index contributed by atoms with van der Waals surface area (Å²) in [5, 5.41) is 16.4. The Bertz CT molecular complexity index is 1820. The van der Waals surface area contributed by atoms with Crippen molar-refractivity contribution in [3.8, 4) is 0 Å². The number of sulfone groups is 1. The first-order chi connectivity index (χ1) is 19.4. The molecule has 2 aromatic carbocycles. The molecule has 3 heterocycles. The summed E-state index contributed by atoms with van der Waals surface area (Å²) in [6.07, 6.45) is 4.23. The normalized spacial score (nSPS) is 14.0. The number of carboxylic acids is 1. The van der Waals surface area contributed by atoms with Gasteiger partial charge >= 0.3 is 5.97 Å². The van der Waals surface area contributed by atoms with Gasteiger partial charge in [-0.3, -0.25) is 9.59 Å². The highest BCUT2D eigenvalue weighted by Gasteiger charge is 2.30. The van der Waals surface area contributed by atoms with E-state index in [-0.39, 0.29) is 39.4 Å². The molecular formula is C27H23Cl2N5O6S. The highest BCUT2D eigenvalue weighted by atomic mass is 35.5. The zero-order chi connectivity index (χ0) is 29.5. The van der Waals surface area contributed by atoms with Gasteiger partial charge in [0.05, 0.1) is 26.1 Å². The predicted molar refractivity (Wildman–Crippen MR) is 150 cm³/mol. The Hall–Kier alpha value is -4.00. The van der Waals surface area contributed by atoms with Crippen molar-refractivity contribution >= 4 is 56.5 Å². The molecule has 0 unspecified atom stereocenters. The van der Waals surface area contributed by atoms with E-state index in [9.17, 15) is 27.9 Å². The Morgan fingerprint density at radius 1 is 1.15 bits per heavy atom. The third-order valence-electron chi connectivity index (χ3n) is 6.81. The van der Waals surface area contributed by atoms with Crippen molar-refractivity contribution in [1.82, 2.24) is 24.8 Å². The topological polar surface area (TPSA) is 151 Å². The van der Waals surface area contributed by atoms with Crippen LogP contribution < -0.4 is 5.32 Å². The summed E-state index contributed by atoms with van der Waals surface area (Å²) in [4.78, 5) is 44.1. The number of halogens is 2. The fraction of sp³-hybridized carbons (Fsp3) is 0.222. The Morgan fingerprint density at radius 2 is 1.93 bits per heavy atom. The van der Waals surface area contributed by atoms with E-state index in [1.807, 2.05) is 0 Å². The third-order valence-corrected chi connectivity index (χ3v) is 8.64. The van der Waals surface area contributed by atoms with Crippen LogP contribution in [0.2, 0.25) is 10.0 Å². The summed E-state index contributed by atoms with van der Waals surface area (Å²) in [5.41, 5.74) is 2.70. The first kappa shape index (κ1) is 28.5. The molecule has 1 atom stereocenters. The molecular weight excluding hydrogens is 593 g/mol. The van der Waals surface area contributed by atoms with E-state index >= 15 is 0 Å². The van der Waals surface area contributed by atoms with Crippen molar-refractivity contribution in [3.63, 3.8) is 0 Å². The van der Waals surface area contributed by atoms with E-state index in [2.05, 4.69) is 15.4 Å². The van der Waals surface area contributed by atoms with Crippen LogP contribution in [0.15, 0.2) is 59.9 Å². The molecule has 2 amide bonds. The number of rotatable bonds is 7. The van der Waals surface area contributed by atoms with E-state index < -0.39 is 27.8 Å². The standard InChI is InChI=1S/C27H23Cl2N5O6S/c1-41(39,40)18-4-2-3-15(9-18)10-21(27(37)38)32-25(35)23-20(28)11-17-12-33(8-7-19(17)24(23)29)26(36)16-5-6-22-30-14-31-34(22)13-16/h2-6,9,11,13-14,21H,7-8,10,12H2,1H3,(H,32,35)(H,37,38)/t21-/m0/s1. The van der Waals surface area contributed by atoms with E-state index in [0.717, 1.165) is 6.26 Å². The Balaban J connectivity index is 1.35. The van der Waals surface area contributed by atoms with Gasteiger partial charge in [-0.1, -0.05) is 35.3 Å². The molecule has 0 saturated heterocycles. The van der Waals surface area contributed by atoms with Crippen LogP contribution in [0.4, 0.5) is 0 Å². The fourth-order valence-corrected chi connectivity index (χ4v) is 6.18. The molecule has 11 nitrogen and oxygen atoms in total. The summed E-state index contributed by atoms with van der Waals surface area (Å²) in [6, 6.07) is 9.41. The highest BCUT2D eigenvalue weighted by molar-refractivity contribution is 7.90. The molecule has 0 saturated carbocycles. The average molecular weight is 616 g/mol. The molecule has 0 aliphatic carbocycles.